The fourth-order valence-electron chi connectivity index (χ4n) is 4.38. The van der Waals surface area contributed by atoms with E-state index in [9.17, 15) is 29.8 Å². The third-order valence-corrected chi connectivity index (χ3v) is 6.21. The number of Topliss-reactive ketones (excluding diaryl/α,β-unsaturated/α-hetero) is 1. The number of carbonyl (C=O) groups excluding carboxylic acids is 2. The molecule has 0 unspecified atom stereocenters. The molecular formula is C22H21N3O7. The van der Waals surface area contributed by atoms with Gasteiger partial charge in [0.15, 0.2) is 5.78 Å². The molecule has 0 N–H and O–H groups in total. The van der Waals surface area contributed by atoms with Crippen LogP contribution in [-0.2, 0) is 0 Å². The molecule has 1 amide bonds. The molecule has 0 saturated carbocycles. The highest BCUT2D eigenvalue weighted by molar-refractivity contribution is 6.01. The first-order valence-corrected chi connectivity index (χ1v) is 10.2. The molecule has 4 rings (SSSR count). The predicted octanol–water partition coefficient (Wildman–Crippen LogP) is 3.76. The number of carbonyl (C=O) groups is 2. The monoisotopic (exact) mass is 439 g/mol. The zero-order valence-electron chi connectivity index (χ0n) is 17.6. The van der Waals surface area contributed by atoms with Crippen LogP contribution in [0.4, 0.5) is 11.4 Å². The number of hydrogen-bond donors (Lipinski definition) is 0. The Morgan fingerprint density at radius 3 is 2.38 bits per heavy atom. The highest BCUT2D eigenvalue weighted by Gasteiger charge is 2.44. The van der Waals surface area contributed by atoms with E-state index in [4.69, 9.17) is 4.74 Å². The number of rotatable bonds is 3. The molecule has 166 valence electrons. The van der Waals surface area contributed by atoms with E-state index in [0.717, 1.165) is 17.7 Å². The van der Waals surface area contributed by atoms with Crippen molar-refractivity contribution in [3.05, 3.63) is 72.8 Å². The number of hydrogen-bond acceptors (Lipinski definition) is 7. The lowest BCUT2D eigenvalue weighted by Gasteiger charge is -2.44. The molecular weight excluding hydrogens is 418 g/mol. The van der Waals surface area contributed by atoms with Gasteiger partial charge in [-0.05, 0) is 26.0 Å². The van der Waals surface area contributed by atoms with Gasteiger partial charge < -0.3 is 9.64 Å². The number of benzene rings is 2. The summed E-state index contributed by atoms with van der Waals surface area (Å²) in [6.07, 6.45) is 1.04. The maximum absolute atomic E-state index is 13.1. The molecule has 0 aromatic heterocycles. The van der Waals surface area contributed by atoms with Gasteiger partial charge in [0.2, 0.25) is 0 Å². The van der Waals surface area contributed by atoms with Crippen LogP contribution in [0.15, 0.2) is 30.3 Å². The summed E-state index contributed by atoms with van der Waals surface area (Å²) < 4.78 is 6.21. The minimum absolute atomic E-state index is 0.000111. The van der Waals surface area contributed by atoms with Gasteiger partial charge in [0.25, 0.3) is 17.3 Å². The number of ether oxygens (including phenoxy) is 1. The van der Waals surface area contributed by atoms with Crippen LogP contribution in [0.25, 0.3) is 0 Å². The maximum atomic E-state index is 13.1. The molecule has 0 aliphatic carbocycles. The molecule has 2 aliphatic heterocycles. The van der Waals surface area contributed by atoms with Gasteiger partial charge in [-0.15, -0.1) is 0 Å². The van der Waals surface area contributed by atoms with Crippen molar-refractivity contribution in [2.45, 2.75) is 38.7 Å². The lowest BCUT2D eigenvalue weighted by atomic mass is 9.82. The number of nitro benzene ring substituents is 2. The van der Waals surface area contributed by atoms with E-state index in [2.05, 4.69) is 0 Å². The van der Waals surface area contributed by atoms with Crippen LogP contribution < -0.4 is 4.74 Å². The van der Waals surface area contributed by atoms with Crippen molar-refractivity contribution in [1.29, 1.82) is 0 Å². The zero-order valence-corrected chi connectivity index (χ0v) is 17.6. The van der Waals surface area contributed by atoms with E-state index in [0.29, 0.717) is 24.2 Å². The second-order valence-corrected chi connectivity index (χ2v) is 8.33. The third-order valence-electron chi connectivity index (χ3n) is 6.21. The molecule has 1 fully saturated rings. The Morgan fingerprint density at radius 2 is 1.75 bits per heavy atom. The number of ketones is 1. The van der Waals surface area contributed by atoms with Crippen molar-refractivity contribution in [3.63, 3.8) is 0 Å². The number of non-ortho nitro benzene ring substituents is 1. The van der Waals surface area contributed by atoms with Crippen molar-refractivity contribution in [1.82, 2.24) is 4.90 Å². The molecule has 0 radical (unpaired) electrons. The van der Waals surface area contributed by atoms with Crippen molar-refractivity contribution < 1.29 is 24.2 Å². The van der Waals surface area contributed by atoms with Crippen molar-refractivity contribution in [2.24, 2.45) is 0 Å². The number of amides is 1. The predicted molar refractivity (Wildman–Crippen MR) is 113 cm³/mol. The zero-order chi connectivity index (χ0) is 23.2. The molecule has 2 aromatic rings. The smallest absolute Gasteiger partial charge is 0.279 e. The van der Waals surface area contributed by atoms with Crippen LogP contribution in [0.5, 0.6) is 5.75 Å². The molecule has 0 atom stereocenters. The maximum Gasteiger partial charge on any atom is 0.279 e. The van der Waals surface area contributed by atoms with E-state index >= 15 is 0 Å². The molecule has 10 heteroatoms. The van der Waals surface area contributed by atoms with Gasteiger partial charge in [-0.3, -0.25) is 29.8 Å². The van der Waals surface area contributed by atoms with E-state index in [-0.39, 0.29) is 36.4 Å². The van der Waals surface area contributed by atoms with E-state index < -0.39 is 32.7 Å². The van der Waals surface area contributed by atoms with Gasteiger partial charge >= 0.3 is 0 Å². The topological polar surface area (TPSA) is 133 Å². The van der Waals surface area contributed by atoms with Gasteiger partial charge in [0.05, 0.1) is 33.5 Å². The first kappa shape index (κ1) is 21.4. The van der Waals surface area contributed by atoms with Crippen LogP contribution >= 0.6 is 0 Å². The fraction of sp³-hybridized carbons (Fsp3) is 0.364. The number of fused-ring (bicyclic) bond motifs is 1. The van der Waals surface area contributed by atoms with Gasteiger partial charge in [-0.1, -0.05) is 11.6 Å². The minimum atomic E-state index is -0.755. The minimum Gasteiger partial charge on any atom is -0.486 e. The standard InChI is InChI=1S/C22H21N3O7/c1-13-3-4-20-17(9-13)19(26)12-22(32-20)5-7-23(8-6-22)21(27)16-10-15(24(28)29)11-18(14(16)2)25(30)31/h3-4,9-11H,5-8,12H2,1-2H3. The van der Waals surface area contributed by atoms with Gasteiger partial charge in [-0.2, -0.15) is 0 Å². The highest BCUT2D eigenvalue weighted by Crippen LogP contribution is 2.40. The summed E-state index contributed by atoms with van der Waals surface area (Å²) >= 11 is 0. The third kappa shape index (κ3) is 3.68. The lowest BCUT2D eigenvalue weighted by Crippen LogP contribution is -2.52. The first-order chi connectivity index (χ1) is 15.1. The Kier molecular flexibility index (Phi) is 5.15. The molecule has 32 heavy (non-hydrogen) atoms. The number of likely N-dealkylation sites (tertiary alicyclic amines) is 1. The van der Waals surface area contributed by atoms with Crippen molar-refractivity contribution in [2.75, 3.05) is 13.1 Å². The Hall–Kier alpha value is -3.82. The highest BCUT2D eigenvalue weighted by atomic mass is 16.6. The van der Waals surface area contributed by atoms with Crippen LogP contribution in [0.3, 0.4) is 0 Å². The van der Waals surface area contributed by atoms with Gasteiger partial charge in [-0.25, -0.2) is 0 Å². The van der Waals surface area contributed by atoms with E-state index in [1.807, 2.05) is 13.0 Å². The summed E-state index contributed by atoms with van der Waals surface area (Å²) in [6, 6.07) is 7.40. The van der Waals surface area contributed by atoms with Crippen LogP contribution in [0.1, 0.15) is 51.1 Å². The summed E-state index contributed by atoms with van der Waals surface area (Å²) in [7, 11) is 0. The van der Waals surface area contributed by atoms with Crippen LogP contribution in [0, 0.1) is 34.1 Å². The fourth-order valence-corrected chi connectivity index (χ4v) is 4.38. The molecule has 10 nitrogen and oxygen atoms in total. The first-order valence-electron chi connectivity index (χ1n) is 10.2. The van der Waals surface area contributed by atoms with Crippen molar-refractivity contribution >= 4 is 23.1 Å². The summed E-state index contributed by atoms with van der Waals surface area (Å²) in [6.45, 7) is 3.84. The summed E-state index contributed by atoms with van der Waals surface area (Å²) in [5.41, 5.74) is -0.133. The second kappa shape index (κ2) is 7.70. The summed E-state index contributed by atoms with van der Waals surface area (Å²) in [5.74, 6) is 0.0268. The number of nitro groups is 2. The van der Waals surface area contributed by atoms with Crippen LogP contribution in [0.2, 0.25) is 0 Å². The molecule has 1 saturated heterocycles. The summed E-state index contributed by atoms with van der Waals surface area (Å²) in [4.78, 5) is 48.3. The molecule has 1 spiro atoms. The quantitative estimate of drug-likeness (QED) is 0.525. The van der Waals surface area contributed by atoms with Crippen molar-refractivity contribution in [3.8, 4) is 5.75 Å². The molecule has 0 bridgehead atoms. The summed E-state index contributed by atoms with van der Waals surface area (Å²) in [5, 5.41) is 22.5. The SMILES string of the molecule is Cc1ccc2c(c1)C(=O)CC1(CCN(C(=O)c3cc([N+](=O)[O-])cc([N+](=O)[O-])c3C)CC1)O2. The average Bonchev–Trinajstić information content (AvgIpc) is 2.74. The largest absolute Gasteiger partial charge is 0.486 e. The lowest BCUT2D eigenvalue weighted by molar-refractivity contribution is -0.394. The van der Waals surface area contributed by atoms with Crippen LogP contribution in [-0.4, -0.2) is 45.1 Å². The molecule has 2 heterocycles. The number of nitrogens with zero attached hydrogens (tertiary/aromatic N) is 3. The molecule has 2 aromatic carbocycles. The van der Waals surface area contributed by atoms with E-state index in [1.165, 1.54) is 11.8 Å². The van der Waals surface area contributed by atoms with Gasteiger partial charge in [0.1, 0.15) is 11.4 Å². The Balaban J connectivity index is 1.56. The Bertz CT molecular complexity index is 1170. The second-order valence-electron chi connectivity index (χ2n) is 8.33. The number of aryl methyl sites for hydroxylation is 1. The van der Waals surface area contributed by atoms with Gasteiger partial charge in [0, 0.05) is 37.6 Å². The Morgan fingerprint density at radius 1 is 1.06 bits per heavy atom. The number of piperidine rings is 1. The molecule has 2 aliphatic rings. The average molecular weight is 439 g/mol. The Labute approximate surface area is 183 Å². The normalized spacial score (nSPS) is 16.9. The van der Waals surface area contributed by atoms with E-state index in [1.54, 1.807) is 12.1 Å².